The molecule has 0 fully saturated rings. The van der Waals surface area contributed by atoms with Crippen molar-refractivity contribution in [3.05, 3.63) is 77.4 Å². The van der Waals surface area contributed by atoms with Crippen LogP contribution in [0.5, 0.6) is 17.2 Å². The number of rotatable bonds is 8. The van der Waals surface area contributed by atoms with E-state index in [1.54, 1.807) is 25.6 Å². The van der Waals surface area contributed by atoms with Gasteiger partial charge >= 0.3 is 0 Å². The maximum atomic E-state index is 13.7. The Bertz CT molecular complexity index is 1260. The summed E-state index contributed by atoms with van der Waals surface area (Å²) in [5, 5.41) is 1.69. The maximum absolute atomic E-state index is 13.7. The van der Waals surface area contributed by atoms with E-state index in [9.17, 15) is 4.79 Å². The number of fused-ring (bicyclic) bond motifs is 1. The number of aryl methyl sites for hydroxylation is 1. The Morgan fingerprint density at radius 2 is 1.69 bits per heavy atom. The molecule has 164 valence electrons. The molecule has 4 nitrogen and oxygen atoms in total. The molecule has 0 saturated carbocycles. The van der Waals surface area contributed by atoms with Gasteiger partial charge in [0.25, 0.3) is 0 Å². The molecule has 4 aromatic rings. The number of alkyl halides is 1. The first-order chi connectivity index (χ1) is 15.5. The van der Waals surface area contributed by atoms with Crippen molar-refractivity contribution in [2.75, 3.05) is 26.2 Å². The lowest BCUT2D eigenvalue weighted by atomic mass is 9.96. The largest absolute Gasteiger partial charge is 0.497 e. The minimum Gasteiger partial charge on any atom is -0.497 e. The third kappa shape index (κ3) is 4.38. The molecule has 0 N–H and O–H groups in total. The minimum atomic E-state index is -0.0278. The molecule has 0 unspecified atom stereocenters. The third-order valence-corrected chi connectivity index (χ3v) is 6.70. The fourth-order valence-corrected chi connectivity index (χ4v) is 5.10. The monoisotopic (exact) mass is 510 g/mol. The summed E-state index contributed by atoms with van der Waals surface area (Å²) < 4.78 is 17.7. The smallest absolute Gasteiger partial charge is 0.195 e. The SMILES string of the molecule is COc1ccc(-c2sc3cc(C)ccc3c2C(=O)c2ccc(OCCBr)cc2)c(OC)c1. The van der Waals surface area contributed by atoms with Gasteiger partial charge in [-0.15, -0.1) is 11.3 Å². The van der Waals surface area contributed by atoms with E-state index in [1.807, 2.05) is 54.6 Å². The summed E-state index contributed by atoms with van der Waals surface area (Å²) in [4.78, 5) is 14.6. The molecule has 1 heterocycles. The predicted molar refractivity (Wildman–Crippen MR) is 134 cm³/mol. The summed E-state index contributed by atoms with van der Waals surface area (Å²) >= 11 is 4.95. The summed E-state index contributed by atoms with van der Waals surface area (Å²) in [5.74, 6) is 2.08. The van der Waals surface area contributed by atoms with Crippen molar-refractivity contribution in [2.24, 2.45) is 0 Å². The van der Waals surface area contributed by atoms with Gasteiger partial charge < -0.3 is 14.2 Å². The van der Waals surface area contributed by atoms with Crippen molar-refractivity contribution >= 4 is 43.1 Å². The van der Waals surface area contributed by atoms with Gasteiger partial charge in [-0.3, -0.25) is 4.79 Å². The molecule has 4 rings (SSSR count). The number of ketones is 1. The van der Waals surface area contributed by atoms with Crippen LogP contribution in [-0.2, 0) is 0 Å². The lowest BCUT2D eigenvalue weighted by Crippen LogP contribution is -2.03. The van der Waals surface area contributed by atoms with E-state index in [1.165, 1.54) is 0 Å². The summed E-state index contributed by atoms with van der Waals surface area (Å²) in [5.41, 5.74) is 3.32. The van der Waals surface area contributed by atoms with Crippen molar-refractivity contribution in [3.63, 3.8) is 0 Å². The molecule has 0 aliphatic carbocycles. The second-order valence-corrected chi connectivity index (χ2v) is 9.11. The standard InChI is InChI=1S/C26H23BrO4S/c1-16-4-10-21-23(14-16)32-26(20-11-9-19(29-2)15-22(20)30-3)24(21)25(28)17-5-7-18(8-6-17)31-13-12-27/h4-11,14-15H,12-13H2,1-3H3. The lowest BCUT2D eigenvalue weighted by Gasteiger charge is -2.11. The number of methoxy groups -OCH3 is 2. The van der Waals surface area contributed by atoms with Crippen LogP contribution in [0.4, 0.5) is 0 Å². The van der Waals surface area contributed by atoms with E-state index in [2.05, 4.69) is 28.9 Å². The van der Waals surface area contributed by atoms with Crippen LogP contribution in [-0.4, -0.2) is 31.9 Å². The number of ether oxygens (including phenoxy) is 3. The van der Waals surface area contributed by atoms with E-state index < -0.39 is 0 Å². The first kappa shape index (κ1) is 22.4. The first-order valence-electron chi connectivity index (χ1n) is 10.1. The zero-order valence-corrected chi connectivity index (χ0v) is 20.5. The van der Waals surface area contributed by atoms with Crippen molar-refractivity contribution < 1.29 is 19.0 Å². The highest BCUT2D eigenvalue weighted by molar-refractivity contribution is 9.09. The highest BCUT2D eigenvalue weighted by Crippen LogP contribution is 2.44. The zero-order valence-electron chi connectivity index (χ0n) is 18.1. The van der Waals surface area contributed by atoms with Crippen LogP contribution < -0.4 is 14.2 Å². The number of halogens is 1. The van der Waals surface area contributed by atoms with Gasteiger partial charge in [-0.1, -0.05) is 28.1 Å². The normalized spacial score (nSPS) is 10.9. The summed E-state index contributed by atoms with van der Waals surface area (Å²) in [6.45, 7) is 2.63. The van der Waals surface area contributed by atoms with Gasteiger partial charge in [0.1, 0.15) is 17.2 Å². The van der Waals surface area contributed by atoms with Crippen molar-refractivity contribution in [1.29, 1.82) is 0 Å². The molecule has 0 spiro atoms. The summed E-state index contributed by atoms with van der Waals surface area (Å²) in [6, 6.07) is 19.2. The fraction of sp³-hybridized carbons (Fsp3) is 0.192. The Morgan fingerprint density at radius 1 is 0.938 bits per heavy atom. The fourth-order valence-electron chi connectivity index (χ4n) is 3.61. The number of carbonyl (C=O) groups excluding carboxylic acids is 1. The molecule has 0 bridgehead atoms. The molecule has 0 radical (unpaired) electrons. The molecule has 0 saturated heterocycles. The molecule has 6 heteroatoms. The second kappa shape index (κ2) is 9.76. The van der Waals surface area contributed by atoms with Gasteiger partial charge in [0.2, 0.25) is 0 Å². The molecule has 0 aliphatic rings. The number of hydrogen-bond donors (Lipinski definition) is 0. The quantitative estimate of drug-likeness (QED) is 0.191. The van der Waals surface area contributed by atoms with E-state index in [0.717, 1.165) is 37.2 Å². The van der Waals surface area contributed by atoms with Crippen LogP contribution in [0.3, 0.4) is 0 Å². The van der Waals surface area contributed by atoms with Crippen molar-refractivity contribution in [3.8, 4) is 27.7 Å². The van der Waals surface area contributed by atoms with Crippen molar-refractivity contribution in [1.82, 2.24) is 0 Å². The second-order valence-electron chi connectivity index (χ2n) is 7.26. The number of hydrogen-bond acceptors (Lipinski definition) is 5. The Labute approximate surface area is 199 Å². The Balaban J connectivity index is 1.86. The molecular formula is C26H23BrO4S. The number of thiophene rings is 1. The van der Waals surface area contributed by atoms with Gasteiger partial charge in [0, 0.05) is 38.2 Å². The average molecular weight is 511 g/mol. The van der Waals surface area contributed by atoms with E-state index in [-0.39, 0.29) is 5.78 Å². The average Bonchev–Trinajstić information content (AvgIpc) is 3.20. The van der Waals surface area contributed by atoms with Crippen LogP contribution in [0.2, 0.25) is 0 Å². The highest BCUT2D eigenvalue weighted by atomic mass is 79.9. The molecule has 0 amide bonds. The molecule has 3 aromatic carbocycles. The zero-order chi connectivity index (χ0) is 22.7. The first-order valence-corrected chi connectivity index (χ1v) is 12.1. The van der Waals surface area contributed by atoms with Crippen LogP contribution in [0.1, 0.15) is 21.5 Å². The van der Waals surface area contributed by atoms with Gasteiger partial charge in [-0.2, -0.15) is 0 Å². The highest BCUT2D eigenvalue weighted by Gasteiger charge is 2.24. The lowest BCUT2D eigenvalue weighted by molar-refractivity contribution is 0.104. The van der Waals surface area contributed by atoms with Gasteiger partial charge in [0.15, 0.2) is 5.78 Å². The number of carbonyl (C=O) groups is 1. The van der Waals surface area contributed by atoms with Gasteiger partial charge in [-0.05, 0) is 55.0 Å². The van der Waals surface area contributed by atoms with Crippen LogP contribution in [0.25, 0.3) is 20.5 Å². The molecule has 32 heavy (non-hydrogen) atoms. The molecule has 0 atom stereocenters. The van der Waals surface area contributed by atoms with E-state index >= 15 is 0 Å². The third-order valence-electron chi connectivity index (χ3n) is 5.19. The summed E-state index contributed by atoms with van der Waals surface area (Å²) in [6.07, 6.45) is 0. The Hall–Kier alpha value is -2.83. The Morgan fingerprint density at radius 3 is 2.38 bits per heavy atom. The van der Waals surface area contributed by atoms with Crippen LogP contribution >= 0.6 is 27.3 Å². The number of benzene rings is 3. The van der Waals surface area contributed by atoms with E-state index in [0.29, 0.717) is 29.2 Å². The molecule has 1 aromatic heterocycles. The molecule has 0 aliphatic heterocycles. The van der Waals surface area contributed by atoms with Crippen molar-refractivity contribution in [2.45, 2.75) is 6.92 Å². The minimum absolute atomic E-state index is 0.0278. The topological polar surface area (TPSA) is 44.8 Å². The summed E-state index contributed by atoms with van der Waals surface area (Å²) in [7, 11) is 3.25. The molecular weight excluding hydrogens is 488 g/mol. The van der Waals surface area contributed by atoms with Gasteiger partial charge in [0.05, 0.1) is 25.7 Å². The maximum Gasteiger partial charge on any atom is 0.195 e. The predicted octanol–water partition coefficient (Wildman–Crippen LogP) is 6.90. The Kier molecular flexibility index (Phi) is 6.82. The van der Waals surface area contributed by atoms with Crippen LogP contribution in [0, 0.1) is 6.92 Å². The van der Waals surface area contributed by atoms with Gasteiger partial charge in [-0.25, -0.2) is 0 Å². The van der Waals surface area contributed by atoms with Crippen LogP contribution in [0.15, 0.2) is 60.7 Å². The van der Waals surface area contributed by atoms with E-state index in [4.69, 9.17) is 14.2 Å².